The largest absolute Gasteiger partial charge is 0.492 e. The molecular formula is C12H18FNO3. The van der Waals surface area contributed by atoms with Gasteiger partial charge in [0.1, 0.15) is 0 Å². The van der Waals surface area contributed by atoms with Gasteiger partial charge in [-0.15, -0.1) is 0 Å². The third kappa shape index (κ3) is 2.68. The first-order chi connectivity index (χ1) is 8.06. The molecule has 0 aliphatic carbocycles. The molecule has 0 radical (unpaired) electrons. The summed E-state index contributed by atoms with van der Waals surface area (Å²) in [6.07, 6.45) is -0.918. The number of aryl methyl sites for hydroxylation is 1. The number of rotatable bonds is 5. The molecule has 1 unspecified atom stereocenters. The fraction of sp³-hybridized carbons (Fsp3) is 0.500. The van der Waals surface area contributed by atoms with Crippen LogP contribution in [0.2, 0.25) is 0 Å². The van der Waals surface area contributed by atoms with Gasteiger partial charge in [0.2, 0.25) is 0 Å². The number of aliphatic hydroxyl groups is 1. The fourth-order valence-corrected chi connectivity index (χ4v) is 1.75. The number of aliphatic hydroxyl groups excluding tert-OH is 1. The van der Waals surface area contributed by atoms with E-state index in [1.807, 2.05) is 0 Å². The van der Waals surface area contributed by atoms with Crippen molar-refractivity contribution in [1.82, 2.24) is 5.32 Å². The fourth-order valence-electron chi connectivity index (χ4n) is 1.75. The standard InChI is InChI=1S/C12H18FNO3/c1-7-5-8(9(15)6-14-2)10(13)12(17-4)11(7)16-3/h5,9,14-15H,6H2,1-4H3. The summed E-state index contributed by atoms with van der Waals surface area (Å²) in [6.45, 7) is 2.04. The van der Waals surface area contributed by atoms with Crippen molar-refractivity contribution in [3.8, 4) is 11.5 Å². The second kappa shape index (κ2) is 5.84. The summed E-state index contributed by atoms with van der Waals surface area (Å²) < 4.78 is 24.1. The zero-order valence-corrected chi connectivity index (χ0v) is 10.5. The average Bonchev–Trinajstić information content (AvgIpc) is 2.31. The van der Waals surface area contributed by atoms with Crippen LogP contribution in [0.1, 0.15) is 17.2 Å². The number of likely N-dealkylation sites (N-methyl/N-ethyl adjacent to an activating group) is 1. The molecule has 0 aliphatic heterocycles. The minimum atomic E-state index is -0.918. The second-order valence-corrected chi connectivity index (χ2v) is 3.74. The van der Waals surface area contributed by atoms with Crippen LogP contribution in [0.25, 0.3) is 0 Å². The van der Waals surface area contributed by atoms with Crippen LogP contribution in [-0.4, -0.2) is 32.9 Å². The van der Waals surface area contributed by atoms with Crippen molar-refractivity contribution in [3.63, 3.8) is 0 Å². The molecule has 0 amide bonds. The summed E-state index contributed by atoms with van der Waals surface area (Å²) in [5.41, 5.74) is 0.922. The highest BCUT2D eigenvalue weighted by molar-refractivity contribution is 5.50. The summed E-state index contributed by atoms with van der Waals surface area (Å²) in [5, 5.41) is 12.6. The maximum Gasteiger partial charge on any atom is 0.197 e. The van der Waals surface area contributed by atoms with Crippen molar-refractivity contribution in [3.05, 3.63) is 23.0 Å². The molecule has 0 spiro atoms. The van der Waals surface area contributed by atoms with E-state index in [1.165, 1.54) is 14.2 Å². The second-order valence-electron chi connectivity index (χ2n) is 3.74. The van der Waals surface area contributed by atoms with Gasteiger partial charge < -0.3 is 19.9 Å². The molecule has 0 aliphatic rings. The van der Waals surface area contributed by atoms with E-state index in [0.717, 1.165) is 5.56 Å². The molecule has 1 aromatic carbocycles. The first kappa shape index (κ1) is 13.7. The summed E-state index contributed by atoms with van der Waals surface area (Å²) in [7, 11) is 4.51. The molecular weight excluding hydrogens is 225 g/mol. The predicted molar refractivity (Wildman–Crippen MR) is 63.1 cm³/mol. The maximum absolute atomic E-state index is 14.1. The molecule has 0 saturated carbocycles. The van der Waals surface area contributed by atoms with Crippen LogP contribution in [0, 0.1) is 12.7 Å². The van der Waals surface area contributed by atoms with Crippen LogP contribution in [0.3, 0.4) is 0 Å². The molecule has 17 heavy (non-hydrogen) atoms. The summed E-state index contributed by atoms with van der Waals surface area (Å²) in [4.78, 5) is 0. The normalized spacial score (nSPS) is 12.4. The molecule has 4 nitrogen and oxygen atoms in total. The molecule has 1 aromatic rings. The highest BCUT2D eigenvalue weighted by Crippen LogP contribution is 2.37. The molecule has 1 atom stereocenters. The van der Waals surface area contributed by atoms with Crippen molar-refractivity contribution in [1.29, 1.82) is 0 Å². The summed E-state index contributed by atoms with van der Waals surface area (Å²) in [6, 6.07) is 1.57. The van der Waals surface area contributed by atoms with E-state index in [1.54, 1.807) is 20.0 Å². The molecule has 96 valence electrons. The topological polar surface area (TPSA) is 50.7 Å². The molecule has 0 fully saturated rings. The van der Waals surface area contributed by atoms with Gasteiger partial charge in [-0.3, -0.25) is 0 Å². The van der Waals surface area contributed by atoms with Gasteiger partial charge in [0.05, 0.1) is 20.3 Å². The van der Waals surface area contributed by atoms with Crippen molar-refractivity contribution in [2.45, 2.75) is 13.0 Å². The Kier molecular flexibility index (Phi) is 4.72. The number of benzene rings is 1. The van der Waals surface area contributed by atoms with Gasteiger partial charge in [-0.1, -0.05) is 0 Å². The van der Waals surface area contributed by atoms with Crippen molar-refractivity contribution in [2.24, 2.45) is 0 Å². The summed E-state index contributed by atoms with van der Waals surface area (Å²) >= 11 is 0. The number of hydrogen-bond acceptors (Lipinski definition) is 4. The number of methoxy groups -OCH3 is 2. The minimum absolute atomic E-state index is 0.0256. The number of halogens is 1. The van der Waals surface area contributed by atoms with Gasteiger partial charge in [0.15, 0.2) is 17.3 Å². The van der Waals surface area contributed by atoms with E-state index in [-0.39, 0.29) is 17.9 Å². The Hall–Kier alpha value is -1.33. The van der Waals surface area contributed by atoms with Crippen LogP contribution in [0.5, 0.6) is 11.5 Å². The molecule has 2 N–H and O–H groups in total. The lowest BCUT2D eigenvalue weighted by molar-refractivity contribution is 0.171. The Morgan fingerprint density at radius 3 is 2.41 bits per heavy atom. The number of hydrogen-bond donors (Lipinski definition) is 2. The third-order valence-electron chi connectivity index (χ3n) is 2.55. The minimum Gasteiger partial charge on any atom is -0.492 e. The van der Waals surface area contributed by atoms with Crippen molar-refractivity contribution in [2.75, 3.05) is 27.8 Å². The molecule has 0 bridgehead atoms. The maximum atomic E-state index is 14.1. The van der Waals surface area contributed by atoms with Crippen LogP contribution in [-0.2, 0) is 0 Å². The van der Waals surface area contributed by atoms with E-state index in [9.17, 15) is 9.50 Å². The number of ether oxygens (including phenoxy) is 2. The monoisotopic (exact) mass is 243 g/mol. The molecule has 0 heterocycles. The van der Waals surface area contributed by atoms with E-state index < -0.39 is 11.9 Å². The quantitative estimate of drug-likeness (QED) is 0.821. The van der Waals surface area contributed by atoms with Crippen LogP contribution in [0.15, 0.2) is 6.07 Å². The average molecular weight is 243 g/mol. The van der Waals surface area contributed by atoms with E-state index in [4.69, 9.17) is 9.47 Å². The van der Waals surface area contributed by atoms with Crippen LogP contribution >= 0.6 is 0 Å². The lowest BCUT2D eigenvalue weighted by Gasteiger charge is -2.17. The SMILES string of the molecule is CNCC(O)c1cc(C)c(OC)c(OC)c1F. The van der Waals surface area contributed by atoms with Gasteiger partial charge in [0.25, 0.3) is 0 Å². The van der Waals surface area contributed by atoms with E-state index in [0.29, 0.717) is 5.75 Å². The lowest BCUT2D eigenvalue weighted by Crippen LogP contribution is -2.18. The van der Waals surface area contributed by atoms with Crippen molar-refractivity contribution < 1.29 is 19.0 Å². The first-order valence-electron chi connectivity index (χ1n) is 5.30. The Balaban J connectivity index is 3.30. The molecule has 5 heteroatoms. The van der Waals surface area contributed by atoms with Gasteiger partial charge in [0, 0.05) is 12.1 Å². The van der Waals surface area contributed by atoms with E-state index in [2.05, 4.69) is 5.32 Å². The Bertz CT molecular complexity index is 396. The molecule has 0 aromatic heterocycles. The zero-order valence-electron chi connectivity index (χ0n) is 10.5. The Labute approximate surface area is 100 Å². The first-order valence-corrected chi connectivity index (χ1v) is 5.30. The Morgan fingerprint density at radius 1 is 1.35 bits per heavy atom. The molecule has 0 saturated heterocycles. The van der Waals surface area contributed by atoms with Crippen LogP contribution in [0.4, 0.5) is 4.39 Å². The van der Waals surface area contributed by atoms with Gasteiger partial charge in [-0.25, -0.2) is 4.39 Å². The third-order valence-corrected chi connectivity index (χ3v) is 2.55. The molecule has 1 rings (SSSR count). The van der Waals surface area contributed by atoms with Gasteiger partial charge >= 0.3 is 0 Å². The lowest BCUT2D eigenvalue weighted by atomic mass is 10.0. The van der Waals surface area contributed by atoms with Gasteiger partial charge in [-0.2, -0.15) is 0 Å². The smallest absolute Gasteiger partial charge is 0.197 e. The predicted octanol–water partition coefficient (Wildman–Crippen LogP) is 1.40. The zero-order chi connectivity index (χ0) is 13.0. The van der Waals surface area contributed by atoms with Crippen molar-refractivity contribution >= 4 is 0 Å². The van der Waals surface area contributed by atoms with Gasteiger partial charge in [-0.05, 0) is 25.6 Å². The van der Waals surface area contributed by atoms with Crippen LogP contribution < -0.4 is 14.8 Å². The number of nitrogens with one attached hydrogen (secondary N) is 1. The highest BCUT2D eigenvalue weighted by Gasteiger charge is 2.21. The highest BCUT2D eigenvalue weighted by atomic mass is 19.1. The van der Waals surface area contributed by atoms with E-state index >= 15 is 0 Å². The Morgan fingerprint density at radius 2 is 1.94 bits per heavy atom. The summed E-state index contributed by atoms with van der Waals surface area (Å²) in [5.74, 6) is -0.208.